The molecule has 470 valence electrons. The zero-order chi connectivity index (χ0) is 61.1. The van der Waals surface area contributed by atoms with E-state index >= 15 is 0 Å². The molecule has 0 radical (unpaired) electrons. The number of carbonyl (C=O) groups excluding carboxylic acids is 13. The van der Waals surface area contributed by atoms with Crippen molar-refractivity contribution in [3.05, 3.63) is 0 Å². The Morgan fingerprint density at radius 2 is 1.15 bits per heavy atom. The second-order valence-corrected chi connectivity index (χ2v) is 24.6. The number of hydrogen-bond acceptors (Lipinski definition) is 16. The minimum Gasteiger partial charge on any atom is -0.391 e. The molecule has 10 amide bonds. The summed E-state index contributed by atoms with van der Waals surface area (Å²) in [5.41, 5.74) is 0. The van der Waals surface area contributed by atoms with E-state index in [0.29, 0.717) is 96.2 Å². The van der Waals surface area contributed by atoms with E-state index in [0.717, 1.165) is 19.4 Å². The Hall–Kier alpha value is -6.41. The largest absolute Gasteiger partial charge is 0.391 e. The van der Waals surface area contributed by atoms with Crippen molar-refractivity contribution in [2.24, 2.45) is 5.92 Å². The van der Waals surface area contributed by atoms with Gasteiger partial charge in [-0.15, -0.1) is 0 Å². The van der Waals surface area contributed by atoms with Crippen LogP contribution in [0, 0.1) is 5.92 Å². The average Bonchev–Trinajstić information content (AvgIpc) is 2.87. The van der Waals surface area contributed by atoms with E-state index in [9.17, 15) is 72.5 Å². The first kappa shape index (κ1) is 64.6. The lowest BCUT2D eigenvalue weighted by atomic mass is 9.96. The van der Waals surface area contributed by atoms with Crippen LogP contribution in [0.2, 0.25) is 0 Å². The molecule has 26 nitrogen and oxygen atoms in total. The number of rotatable bonds is 27. The SMILES string of the molecule is CCC(=O)N1CCCC1C(=O)NC(CCCCNC(=O)CCCCC1NCC2CC(=O)NC21)C(=O)CCC(=O)N1CCC[C@@H]1C(=O)N1C[C@H](O)CC1C(=O)NCC(=O)N1CCC[C@@H]1C(=O)N1C[C@@H](O)C[C@H]1C(=O)CCC(=O)N1CCC[C@@H]1C(C)=O. The van der Waals surface area contributed by atoms with Crippen LogP contribution in [-0.2, 0) is 62.3 Å². The van der Waals surface area contributed by atoms with Crippen LogP contribution in [0.3, 0.4) is 0 Å². The van der Waals surface area contributed by atoms with Crippen molar-refractivity contribution in [2.75, 3.05) is 58.9 Å². The number of amides is 10. The third-order valence-corrected chi connectivity index (χ3v) is 18.8. The van der Waals surface area contributed by atoms with Crippen molar-refractivity contribution >= 4 is 76.4 Å². The second-order valence-electron chi connectivity index (χ2n) is 24.6. The summed E-state index contributed by atoms with van der Waals surface area (Å²) < 4.78 is 0. The van der Waals surface area contributed by atoms with Crippen molar-refractivity contribution in [1.82, 2.24) is 56.0 Å². The van der Waals surface area contributed by atoms with E-state index in [4.69, 9.17) is 0 Å². The van der Waals surface area contributed by atoms with Crippen LogP contribution >= 0.6 is 0 Å². The highest BCUT2D eigenvalue weighted by atomic mass is 16.3. The van der Waals surface area contributed by atoms with Gasteiger partial charge in [0.15, 0.2) is 17.3 Å². The number of ketones is 3. The van der Waals surface area contributed by atoms with Crippen molar-refractivity contribution in [1.29, 1.82) is 0 Å². The molecule has 12 atom stereocenters. The topological polar surface area (TPSA) is 342 Å². The molecule has 8 aliphatic rings. The molecule has 0 bridgehead atoms. The molecule has 0 aromatic carbocycles. The first-order chi connectivity index (χ1) is 40.7. The number of aliphatic hydroxyl groups excluding tert-OH is 2. The molecule has 26 heteroatoms. The Kier molecular flexibility index (Phi) is 22.6. The quantitative estimate of drug-likeness (QED) is 0.0460. The summed E-state index contributed by atoms with van der Waals surface area (Å²) in [6.45, 7) is 4.61. The van der Waals surface area contributed by atoms with Gasteiger partial charge in [0.05, 0.1) is 36.9 Å². The molecule has 8 saturated heterocycles. The molecule has 0 saturated carbocycles. The third-order valence-electron chi connectivity index (χ3n) is 18.8. The Bertz CT molecular complexity index is 2550. The van der Waals surface area contributed by atoms with Crippen molar-refractivity contribution in [3.8, 4) is 0 Å². The van der Waals surface area contributed by atoms with E-state index in [1.165, 1.54) is 36.3 Å². The summed E-state index contributed by atoms with van der Waals surface area (Å²) in [4.78, 5) is 182. The van der Waals surface area contributed by atoms with Gasteiger partial charge >= 0.3 is 0 Å². The number of likely N-dealkylation sites (tertiary alicyclic amines) is 6. The lowest BCUT2D eigenvalue weighted by molar-refractivity contribution is -0.148. The first-order valence-corrected chi connectivity index (χ1v) is 31.3. The minimum absolute atomic E-state index is 0.0335. The van der Waals surface area contributed by atoms with E-state index in [-0.39, 0.29) is 132 Å². The molecule has 0 aromatic heterocycles. The van der Waals surface area contributed by atoms with Crippen molar-refractivity contribution in [3.63, 3.8) is 0 Å². The third kappa shape index (κ3) is 16.0. The summed E-state index contributed by atoms with van der Waals surface area (Å²) in [6.07, 6.45) is 5.22. The molecule has 8 aliphatic heterocycles. The van der Waals surface area contributed by atoms with Gasteiger partial charge in [-0.25, -0.2) is 0 Å². The number of nitrogens with one attached hydrogen (secondary N) is 5. The van der Waals surface area contributed by atoms with Crippen LogP contribution in [0.1, 0.15) is 162 Å². The highest BCUT2D eigenvalue weighted by Crippen LogP contribution is 2.31. The number of unbranched alkanes of at least 4 members (excludes halogenated alkanes) is 2. The highest BCUT2D eigenvalue weighted by Gasteiger charge is 2.48. The minimum atomic E-state index is -1.20. The zero-order valence-corrected chi connectivity index (χ0v) is 49.4. The second kappa shape index (κ2) is 29.8. The van der Waals surface area contributed by atoms with E-state index in [1.54, 1.807) is 6.92 Å². The van der Waals surface area contributed by atoms with Gasteiger partial charge in [-0.05, 0) is 90.4 Å². The van der Waals surface area contributed by atoms with Gasteiger partial charge in [-0.3, -0.25) is 62.3 Å². The maximum absolute atomic E-state index is 14.3. The molecule has 0 spiro atoms. The normalized spacial score (nSPS) is 28.4. The smallest absolute Gasteiger partial charge is 0.246 e. The average molecular weight is 1190 g/mol. The molecular formula is C59H89N11O15. The van der Waals surface area contributed by atoms with Gasteiger partial charge < -0.3 is 66.2 Å². The number of carbonyl (C=O) groups is 13. The molecule has 8 rings (SSSR count). The van der Waals surface area contributed by atoms with Gasteiger partial charge in [-0.2, -0.15) is 0 Å². The van der Waals surface area contributed by atoms with Gasteiger partial charge in [0, 0.05) is 128 Å². The van der Waals surface area contributed by atoms with Crippen LogP contribution in [-0.4, -0.2) is 242 Å². The summed E-state index contributed by atoms with van der Waals surface area (Å²) >= 11 is 0. The number of aliphatic hydroxyl groups is 2. The first-order valence-electron chi connectivity index (χ1n) is 31.3. The summed E-state index contributed by atoms with van der Waals surface area (Å²) in [5.74, 6) is -4.53. The van der Waals surface area contributed by atoms with Crippen LogP contribution < -0.4 is 26.6 Å². The van der Waals surface area contributed by atoms with Crippen LogP contribution in [0.15, 0.2) is 0 Å². The Balaban J connectivity index is 0.797. The Morgan fingerprint density at radius 1 is 0.588 bits per heavy atom. The van der Waals surface area contributed by atoms with Crippen LogP contribution in [0.5, 0.6) is 0 Å². The van der Waals surface area contributed by atoms with Gasteiger partial charge in [0.25, 0.3) is 0 Å². The molecule has 85 heavy (non-hydrogen) atoms. The Labute approximate surface area is 496 Å². The van der Waals surface area contributed by atoms with Crippen molar-refractivity contribution in [2.45, 2.75) is 228 Å². The van der Waals surface area contributed by atoms with Crippen LogP contribution in [0.4, 0.5) is 0 Å². The number of Topliss-reactive ketones (excluding diaryl/α,β-unsaturated/α-hetero) is 3. The van der Waals surface area contributed by atoms with Crippen molar-refractivity contribution < 1.29 is 72.5 Å². The monoisotopic (exact) mass is 1190 g/mol. The standard InChI is InChI=1S/C59H89N11O15/c1-3-51(78)66-25-9-15-42(66)57(83)63-39(12-6-7-23-60-49(76)18-5-4-13-40-55-36(31-61-40)28-50(77)64-55)47(74)19-21-53(80)67-26-10-16-43(67)59(85)70-34-38(73)30-46(70)56(82)62-32-54(81)68-27-11-17-44(68)58(84)69-33-37(72)29-45(69)48(75)20-22-52(79)65-24-8-14-41(65)35(2)71/h36-46,55,61,72-73H,3-34H2,1-2H3,(H,60,76)(H,62,82)(H,63,83)(H,64,77)/t36?,37-,38+,39?,40?,41+,42?,43+,44+,45-,46?,55?/m0/s1. The molecule has 0 aromatic rings. The maximum Gasteiger partial charge on any atom is 0.246 e. The molecule has 7 N–H and O–H groups in total. The van der Waals surface area contributed by atoms with Gasteiger partial charge in [0.1, 0.15) is 24.2 Å². The lowest BCUT2D eigenvalue weighted by Gasteiger charge is -2.32. The van der Waals surface area contributed by atoms with E-state index in [1.807, 2.05) is 0 Å². The fourth-order valence-electron chi connectivity index (χ4n) is 14.3. The van der Waals surface area contributed by atoms with Crippen LogP contribution in [0.25, 0.3) is 0 Å². The summed E-state index contributed by atoms with van der Waals surface area (Å²) in [6, 6.07) is -6.11. The van der Waals surface area contributed by atoms with E-state index < -0.39 is 108 Å². The zero-order valence-electron chi connectivity index (χ0n) is 49.4. The molecule has 8 heterocycles. The molecule has 0 aliphatic carbocycles. The number of fused-ring (bicyclic) bond motifs is 1. The predicted molar refractivity (Wildman–Crippen MR) is 303 cm³/mol. The lowest BCUT2D eigenvalue weighted by Crippen LogP contribution is -2.55. The van der Waals surface area contributed by atoms with Gasteiger partial charge in [0.2, 0.25) is 59.1 Å². The number of β-amino-alcohol motifs (C(OH)–C–C–N with tert-alkyl or cyclic N) is 2. The van der Waals surface area contributed by atoms with E-state index in [2.05, 4.69) is 26.6 Å². The summed E-state index contributed by atoms with van der Waals surface area (Å²) in [5, 5.41) is 36.3. The fraction of sp³-hybridized carbons (Fsp3) is 0.780. The van der Waals surface area contributed by atoms with Gasteiger partial charge in [-0.1, -0.05) is 13.3 Å². The Morgan fingerprint density at radius 3 is 1.79 bits per heavy atom. The molecule has 6 unspecified atom stereocenters. The predicted octanol–water partition coefficient (Wildman–Crippen LogP) is -1.50. The fourth-order valence-corrected chi connectivity index (χ4v) is 14.3. The number of hydrogen-bond donors (Lipinski definition) is 7. The number of nitrogens with zero attached hydrogens (tertiary/aromatic N) is 6. The molecular weight excluding hydrogens is 1100 g/mol. The summed E-state index contributed by atoms with van der Waals surface area (Å²) in [7, 11) is 0. The molecule has 8 fully saturated rings. The maximum atomic E-state index is 14.3. The highest BCUT2D eigenvalue weighted by molar-refractivity contribution is 5.98.